The molecule has 9 heteroatoms. The Labute approximate surface area is 143 Å². The predicted molar refractivity (Wildman–Crippen MR) is 84.3 cm³/mol. The number of rotatable bonds is 5. The van der Waals surface area contributed by atoms with Crippen LogP contribution >= 0.6 is 12.4 Å². The maximum absolute atomic E-state index is 15.5. The molecule has 1 saturated heterocycles. The highest BCUT2D eigenvalue weighted by atomic mass is 35.5. The third-order valence-corrected chi connectivity index (χ3v) is 4.69. The number of carbonyl (C=O) groups is 2. The number of hydrogen-bond acceptors (Lipinski definition) is 3. The van der Waals surface area contributed by atoms with Gasteiger partial charge in [-0.25, -0.2) is 4.39 Å². The van der Waals surface area contributed by atoms with E-state index in [9.17, 15) is 18.4 Å². The van der Waals surface area contributed by atoms with E-state index >= 15 is 4.39 Å². The molecule has 3 atom stereocenters. The van der Waals surface area contributed by atoms with Crippen molar-refractivity contribution in [2.24, 2.45) is 22.8 Å². The Kier molecular flexibility index (Phi) is 5.57. The lowest BCUT2D eigenvalue weighted by molar-refractivity contribution is -0.203. The van der Waals surface area contributed by atoms with E-state index in [1.165, 1.54) is 18.2 Å². The van der Waals surface area contributed by atoms with Crippen LogP contribution in [0.1, 0.15) is 12.5 Å². The van der Waals surface area contributed by atoms with E-state index in [1.807, 2.05) is 0 Å². The van der Waals surface area contributed by atoms with Crippen LogP contribution in [0, 0.1) is 11.3 Å². The normalized spacial score (nSPS) is 26.2. The van der Waals surface area contributed by atoms with E-state index in [-0.39, 0.29) is 19.0 Å². The van der Waals surface area contributed by atoms with Crippen LogP contribution in [0.25, 0.3) is 0 Å². The summed E-state index contributed by atoms with van der Waals surface area (Å²) in [7, 11) is 0. The summed E-state index contributed by atoms with van der Waals surface area (Å²) in [6.07, 6.45) is 0. The van der Waals surface area contributed by atoms with Gasteiger partial charge >= 0.3 is 5.92 Å². The van der Waals surface area contributed by atoms with E-state index in [4.69, 9.17) is 11.5 Å². The maximum atomic E-state index is 15.5. The Morgan fingerprint density at radius 3 is 2.21 bits per heavy atom. The molecule has 2 rings (SSSR count). The molecular formula is C15H19ClF3N3O2. The van der Waals surface area contributed by atoms with E-state index in [1.54, 1.807) is 0 Å². The highest BCUT2D eigenvalue weighted by Crippen LogP contribution is 2.55. The molecule has 24 heavy (non-hydrogen) atoms. The number of nitrogens with one attached hydrogen (secondary N) is 1. The predicted octanol–water partition coefficient (Wildman–Crippen LogP) is 1.10. The molecule has 0 aliphatic carbocycles. The fraction of sp³-hybridized carbons (Fsp3) is 0.467. The van der Waals surface area contributed by atoms with Crippen LogP contribution in [0.4, 0.5) is 13.2 Å². The molecule has 0 aromatic heterocycles. The summed E-state index contributed by atoms with van der Waals surface area (Å²) >= 11 is 0. The van der Waals surface area contributed by atoms with E-state index < -0.39 is 46.8 Å². The second-order valence-corrected chi connectivity index (χ2v) is 5.86. The van der Waals surface area contributed by atoms with Crippen molar-refractivity contribution in [3.8, 4) is 0 Å². The van der Waals surface area contributed by atoms with Crippen molar-refractivity contribution in [2.75, 3.05) is 13.1 Å². The second kappa shape index (κ2) is 6.60. The number of halogens is 4. The monoisotopic (exact) mass is 365 g/mol. The molecule has 1 aromatic rings. The second-order valence-electron chi connectivity index (χ2n) is 5.86. The van der Waals surface area contributed by atoms with Gasteiger partial charge in [-0.15, -0.1) is 12.4 Å². The van der Waals surface area contributed by atoms with Crippen molar-refractivity contribution in [1.82, 2.24) is 5.32 Å². The van der Waals surface area contributed by atoms with Gasteiger partial charge in [-0.3, -0.25) is 9.59 Å². The smallest absolute Gasteiger partial charge is 0.307 e. The molecule has 1 heterocycles. The lowest BCUT2D eigenvalue weighted by atomic mass is 9.63. The minimum absolute atomic E-state index is 0. The maximum Gasteiger partial charge on any atom is 0.307 e. The van der Waals surface area contributed by atoms with Crippen LogP contribution in [0.15, 0.2) is 30.3 Å². The van der Waals surface area contributed by atoms with Crippen LogP contribution in [0.2, 0.25) is 0 Å². The van der Waals surface area contributed by atoms with Gasteiger partial charge in [-0.2, -0.15) is 8.78 Å². The van der Waals surface area contributed by atoms with Gasteiger partial charge in [-0.05, 0) is 6.92 Å². The van der Waals surface area contributed by atoms with Crippen LogP contribution in [-0.4, -0.2) is 30.6 Å². The molecule has 1 aliphatic heterocycles. The van der Waals surface area contributed by atoms with E-state index in [0.29, 0.717) is 6.92 Å². The SMILES string of the molecule is CC(F)(C(F)(F)c1ccccc1)C1(C(N)=O)CNCC1C(N)=O.Cl. The third kappa shape index (κ3) is 2.63. The lowest BCUT2D eigenvalue weighted by Crippen LogP contribution is -2.64. The highest BCUT2D eigenvalue weighted by molar-refractivity contribution is 5.91. The average molecular weight is 366 g/mol. The zero-order valence-electron chi connectivity index (χ0n) is 12.9. The summed E-state index contributed by atoms with van der Waals surface area (Å²) in [5, 5.41) is 2.58. The first-order chi connectivity index (χ1) is 10.6. The molecule has 1 aliphatic rings. The first-order valence-electron chi connectivity index (χ1n) is 7.01. The molecule has 5 nitrogen and oxygen atoms in total. The van der Waals surface area contributed by atoms with Crippen molar-refractivity contribution in [3.63, 3.8) is 0 Å². The van der Waals surface area contributed by atoms with Gasteiger partial charge in [0.25, 0.3) is 0 Å². The van der Waals surface area contributed by atoms with Gasteiger partial charge in [0.15, 0.2) is 5.67 Å². The molecule has 1 aromatic carbocycles. The Bertz CT molecular complexity index is 628. The summed E-state index contributed by atoms with van der Waals surface area (Å²) in [6.45, 7) is -0.0955. The van der Waals surface area contributed by atoms with Gasteiger partial charge in [0.2, 0.25) is 11.8 Å². The van der Waals surface area contributed by atoms with Gasteiger partial charge in [0.1, 0.15) is 5.41 Å². The van der Waals surface area contributed by atoms with Crippen LogP contribution in [0.3, 0.4) is 0 Å². The average Bonchev–Trinajstić information content (AvgIpc) is 2.94. The van der Waals surface area contributed by atoms with Crippen LogP contribution in [-0.2, 0) is 15.5 Å². The first-order valence-corrected chi connectivity index (χ1v) is 7.01. The number of amides is 2. The van der Waals surface area contributed by atoms with Gasteiger partial charge in [0.05, 0.1) is 5.92 Å². The number of nitrogens with two attached hydrogens (primary N) is 2. The molecule has 1 fully saturated rings. The molecule has 134 valence electrons. The van der Waals surface area contributed by atoms with E-state index in [2.05, 4.69) is 5.32 Å². The quantitative estimate of drug-likeness (QED) is 0.728. The van der Waals surface area contributed by atoms with Crippen LogP contribution < -0.4 is 16.8 Å². The molecule has 3 unspecified atom stereocenters. The third-order valence-electron chi connectivity index (χ3n) is 4.69. The standard InChI is InChI=1S/C15H18F3N3O2.ClH/c1-13(16,15(17,18)9-5-3-2-4-6-9)14(12(20)23)8-21-7-10(14)11(19)22;/h2-6,10,21H,7-8H2,1H3,(H2,19,22)(H2,20,23);1H. The first kappa shape index (κ1) is 20.2. The summed E-state index contributed by atoms with van der Waals surface area (Å²) in [6, 6.07) is 6.26. The molecule has 5 N–H and O–H groups in total. The molecule has 0 radical (unpaired) electrons. The topological polar surface area (TPSA) is 98.2 Å². The number of alkyl halides is 3. The summed E-state index contributed by atoms with van der Waals surface area (Å²) < 4.78 is 45.2. The fourth-order valence-corrected chi connectivity index (χ4v) is 3.24. The number of hydrogen-bond donors (Lipinski definition) is 3. The number of benzene rings is 1. The summed E-state index contributed by atoms with van der Waals surface area (Å²) in [5.41, 5.74) is 3.98. The zero-order chi connectivity index (χ0) is 17.5. The molecule has 0 spiro atoms. The molecule has 0 saturated carbocycles. The highest BCUT2D eigenvalue weighted by Gasteiger charge is 2.72. The molecule has 2 amide bonds. The van der Waals surface area contributed by atoms with Crippen molar-refractivity contribution < 1.29 is 22.8 Å². The minimum atomic E-state index is -4.05. The van der Waals surface area contributed by atoms with Gasteiger partial charge in [0, 0.05) is 18.7 Å². The Morgan fingerprint density at radius 2 is 1.75 bits per heavy atom. The molecular weight excluding hydrogens is 347 g/mol. The Hall–Kier alpha value is -1.80. The minimum Gasteiger partial charge on any atom is -0.369 e. The Balaban J connectivity index is 0.00000288. The summed E-state index contributed by atoms with van der Waals surface area (Å²) in [5.74, 6) is -7.90. The number of carbonyl (C=O) groups excluding carboxylic acids is 2. The van der Waals surface area contributed by atoms with E-state index in [0.717, 1.165) is 12.1 Å². The van der Waals surface area contributed by atoms with Crippen molar-refractivity contribution >= 4 is 24.2 Å². The fourth-order valence-electron chi connectivity index (χ4n) is 3.24. The Morgan fingerprint density at radius 1 is 1.21 bits per heavy atom. The summed E-state index contributed by atoms with van der Waals surface area (Å²) in [4.78, 5) is 23.6. The van der Waals surface area contributed by atoms with Crippen molar-refractivity contribution in [1.29, 1.82) is 0 Å². The van der Waals surface area contributed by atoms with Gasteiger partial charge in [-0.1, -0.05) is 30.3 Å². The van der Waals surface area contributed by atoms with Crippen LogP contribution in [0.5, 0.6) is 0 Å². The van der Waals surface area contributed by atoms with Gasteiger partial charge < -0.3 is 16.8 Å². The van der Waals surface area contributed by atoms with Crippen molar-refractivity contribution in [2.45, 2.75) is 18.5 Å². The van der Waals surface area contributed by atoms with Crippen molar-refractivity contribution in [3.05, 3.63) is 35.9 Å². The largest absolute Gasteiger partial charge is 0.369 e. The number of primary amides is 2. The zero-order valence-corrected chi connectivity index (χ0v) is 13.7. The lowest BCUT2D eigenvalue weighted by Gasteiger charge is -2.44. The molecule has 0 bridgehead atoms.